The van der Waals surface area contributed by atoms with E-state index >= 15 is 0 Å². The average Bonchev–Trinajstić information content (AvgIpc) is 2.84. The summed E-state index contributed by atoms with van der Waals surface area (Å²) in [7, 11) is -2.10. The van der Waals surface area contributed by atoms with Gasteiger partial charge in [-0.1, -0.05) is 12.1 Å². The highest BCUT2D eigenvalue weighted by molar-refractivity contribution is 7.89. The molecule has 0 radical (unpaired) electrons. The van der Waals surface area contributed by atoms with Crippen molar-refractivity contribution < 1.29 is 8.42 Å². The molecule has 0 aliphatic rings. The van der Waals surface area contributed by atoms with Crippen LogP contribution in [0.1, 0.15) is 30.2 Å². The molecule has 1 aromatic heterocycles. The minimum Gasteiger partial charge on any atom is -0.324 e. The number of benzene rings is 1. The molecule has 1 heterocycles. The van der Waals surface area contributed by atoms with Crippen LogP contribution in [0.5, 0.6) is 0 Å². The highest BCUT2D eigenvalue weighted by atomic mass is 32.2. The van der Waals surface area contributed by atoms with Gasteiger partial charge in [0, 0.05) is 13.1 Å². The molecule has 8 heteroatoms. The maximum absolute atomic E-state index is 12.5. The van der Waals surface area contributed by atoms with E-state index in [1.807, 2.05) is 13.0 Å². The number of aromatic nitrogens is 3. The lowest BCUT2D eigenvalue weighted by Crippen LogP contribution is -2.27. The Labute approximate surface area is 124 Å². The highest BCUT2D eigenvalue weighted by Gasteiger charge is 2.22. The van der Waals surface area contributed by atoms with Crippen LogP contribution in [0, 0.1) is 6.92 Å². The predicted molar refractivity (Wildman–Crippen MR) is 78.8 cm³/mol. The molecule has 1 unspecified atom stereocenters. The molecular weight excluding hydrogens is 290 g/mol. The fraction of sp³-hybridized carbons (Fsp3) is 0.385. The zero-order chi connectivity index (χ0) is 15.6. The van der Waals surface area contributed by atoms with Crippen LogP contribution < -0.4 is 5.73 Å². The highest BCUT2D eigenvalue weighted by Crippen LogP contribution is 2.19. The Bertz CT molecular complexity index is 724. The van der Waals surface area contributed by atoms with Crippen molar-refractivity contribution in [1.29, 1.82) is 0 Å². The third-order valence-electron chi connectivity index (χ3n) is 3.10. The SMILES string of the molecule is Cc1nc(CN(C)S(=O)(=O)c2cccc(C(C)N)c2)n[nH]1. The molecule has 114 valence electrons. The predicted octanol–water partition coefficient (Wildman–Crippen LogP) is 0.954. The van der Waals surface area contributed by atoms with E-state index in [4.69, 9.17) is 5.73 Å². The first-order valence-corrected chi connectivity index (χ1v) is 7.94. The van der Waals surface area contributed by atoms with Gasteiger partial charge in [-0.05, 0) is 31.5 Å². The number of hydrogen-bond donors (Lipinski definition) is 2. The third kappa shape index (κ3) is 3.46. The fourth-order valence-corrected chi connectivity index (χ4v) is 3.06. The van der Waals surface area contributed by atoms with E-state index in [0.29, 0.717) is 11.6 Å². The van der Waals surface area contributed by atoms with E-state index in [-0.39, 0.29) is 17.5 Å². The molecule has 0 aliphatic heterocycles. The minimum absolute atomic E-state index is 0.106. The summed E-state index contributed by atoms with van der Waals surface area (Å²) in [5.74, 6) is 1.08. The van der Waals surface area contributed by atoms with Crippen LogP contribution in [0.2, 0.25) is 0 Å². The Morgan fingerprint density at radius 2 is 2.14 bits per heavy atom. The molecule has 2 aromatic rings. The van der Waals surface area contributed by atoms with Crippen molar-refractivity contribution in [1.82, 2.24) is 19.5 Å². The second kappa shape index (κ2) is 5.92. The second-order valence-electron chi connectivity index (χ2n) is 4.96. The van der Waals surface area contributed by atoms with Crippen LogP contribution in [0.25, 0.3) is 0 Å². The molecule has 0 fully saturated rings. The van der Waals surface area contributed by atoms with Crippen molar-refractivity contribution in [3.05, 3.63) is 41.5 Å². The second-order valence-corrected chi connectivity index (χ2v) is 7.00. The van der Waals surface area contributed by atoms with E-state index < -0.39 is 10.0 Å². The molecule has 1 aromatic carbocycles. The topological polar surface area (TPSA) is 105 Å². The molecular formula is C13H19N5O2S. The monoisotopic (exact) mass is 309 g/mol. The van der Waals surface area contributed by atoms with E-state index in [2.05, 4.69) is 15.2 Å². The number of aryl methyl sites for hydroxylation is 1. The molecule has 21 heavy (non-hydrogen) atoms. The lowest BCUT2D eigenvalue weighted by Gasteiger charge is -2.16. The zero-order valence-corrected chi connectivity index (χ0v) is 13.1. The number of aromatic amines is 1. The summed E-state index contributed by atoms with van der Waals surface area (Å²) in [5.41, 5.74) is 6.57. The van der Waals surface area contributed by atoms with Crippen LogP contribution >= 0.6 is 0 Å². The van der Waals surface area contributed by atoms with Gasteiger partial charge in [0.1, 0.15) is 5.82 Å². The summed E-state index contributed by atoms with van der Waals surface area (Å²) in [4.78, 5) is 4.33. The van der Waals surface area contributed by atoms with Gasteiger partial charge in [-0.15, -0.1) is 0 Å². The van der Waals surface area contributed by atoms with Crippen LogP contribution in [-0.4, -0.2) is 35.0 Å². The summed E-state index contributed by atoms with van der Waals surface area (Å²) in [6.07, 6.45) is 0. The molecule has 0 aliphatic carbocycles. The number of nitrogens with zero attached hydrogens (tertiary/aromatic N) is 3. The molecule has 7 nitrogen and oxygen atoms in total. The Balaban J connectivity index is 2.26. The van der Waals surface area contributed by atoms with Crippen LogP contribution in [-0.2, 0) is 16.6 Å². The maximum atomic E-state index is 12.5. The lowest BCUT2D eigenvalue weighted by molar-refractivity contribution is 0.457. The van der Waals surface area contributed by atoms with Crippen LogP contribution in [0.3, 0.4) is 0 Å². The first-order valence-electron chi connectivity index (χ1n) is 6.50. The normalized spacial score (nSPS) is 13.6. The summed E-state index contributed by atoms with van der Waals surface area (Å²) in [5, 5.41) is 6.64. The number of nitrogens with one attached hydrogen (secondary N) is 1. The molecule has 3 N–H and O–H groups in total. The van der Waals surface area contributed by atoms with Crippen molar-refractivity contribution in [2.75, 3.05) is 7.05 Å². The Morgan fingerprint density at radius 3 is 2.71 bits per heavy atom. The zero-order valence-electron chi connectivity index (χ0n) is 12.2. The van der Waals surface area contributed by atoms with E-state index in [1.54, 1.807) is 25.1 Å². The molecule has 0 saturated heterocycles. The Morgan fingerprint density at radius 1 is 1.43 bits per heavy atom. The lowest BCUT2D eigenvalue weighted by atomic mass is 10.1. The minimum atomic E-state index is -3.60. The molecule has 2 rings (SSSR count). The van der Waals surface area contributed by atoms with Crippen molar-refractivity contribution in [2.45, 2.75) is 31.3 Å². The van der Waals surface area contributed by atoms with Crippen molar-refractivity contribution in [2.24, 2.45) is 5.73 Å². The molecule has 0 bridgehead atoms. The van der Waals surface area contributed by atoms with Gasteiger partial charge in [-0.2, -0.15) is 9.40 Å². The van der Waals surface area contributed by atoms with Gasteiger partial charge >= 0.3 is 0 Å². The summed E-state index contributed by atoms with van der Waals surface area (Å²) in [6.45, 7) is 3.68. The number of hydrogen-bond acceptors (Lipinski definition) is 5. The van der Waals surface area contributed by atoms with Gasteiger partial charge in [0.05, 0.1) is 11.4 Å². The smallest absolute Gasteiger partial charge is 0.243 e. The summed E-state index contributed by atoms with van der Waals surface area (Å²) in [6, 6.07) is 6.43. The standard InChI is InChI=1S/C13H19N5O2S/c1-9(14)11-5-4-6-12(7-11)21(19,20)18(3)8-13-15-10(2)16-17-13/h4-7,9H,8,14H2,1-3H3,(H,15,16,17). The number of nitrogens with two attached hydrogens (primary N) is 1. The molecule has 0 saturated carbocycles. The molecule has 1 atom stereocenters. The quantitative estimate of drug-likeness (QED) is 0.855. The van der Waals surface area contributed by atoms with Gasteiger partial charge in [0.2, 0.25) is 10.0 Å². The van der Waals surface area contributed by atoms with Crippen molar-refractivity contribution in [3.8, 4) is 0 Å². The number of H-pyrrole nitrogens is 1. The van der Waals surface area contributed by atoms with E-state index in [1.165, 1.54) is 11.4 Å². The Hall–Kier alpha value is -1.77. The van der Waals surface area contributed by atoms with Crippen LogP contribution in [0.15, 0.2) is 29.2 Å². The molecule has 0 spiro atoms. The fourth-order valence-electron chi connectivity index (χ4n) is 1.88. The summed E-state index contributed by atoms with van der Waals surface area (Å²) >= 11 is 0. The van der Waals surface area contributed by atoms with Crippen LogP contribution in [0.4, 0.5) is 0 Å². The molecule has 0 amide bonds. The van der Waals surface area contributed by atoms with E-state index in [9.17, 15) is 8.42 Å². The average molecular weight is 309 g/mol. The summed E-state index contributed by atoms with van der Waals surface area (Å²) < 4.78 is 26.3. The first kappa shape index (κ1) is 15.6. The van der Waals surface area contributed by atoms with Gasteiger partial charge < -0.3 is 5.73 Å². The van der Waals surface area contributed by atoms with Gasteiger partial charge in [-0.25, -0.2) is 13.4 Å². The van der Waals surface area contributed by atoms with Crippen molar-refractivity contribution >= 4 is 10.0 Å². The first-order chi connectivity index (χ1) is 9.80. The van der Waals surface area contributed by atoms with Crippen molar-refractivity contribution in [3.63, 3.8) is 0 Å². The Kier molecular flexibility index (Phi) is 4.40. The van der Waals surface area contributed by atoms with Gasteiger partial charge in [0.25, 0.3) is 0 Å². The van der Waals surface area contributed by atoms with Gasteiger partial charge in [-0.3, -0.25) is 5.10 Å². The maximum Gasteiger partial charge on any atom is 0.243 e. The third-order valence-corrected chi connectivity index (χ3v) is 4.90. The number of rotatable bonds is 5. The van der Waals surface area contributed by atoms with Gasteiger partial charge in [0.15, 0.2) is 5.82 Å². The van der Waals surface area contributed by atoms with E-state index in [0.717, 1.165) is 5.56 Å². The number of sulfonamides is 1. The largest absolute Gasteiger partial charge is 0.324 e.